The average Bonchev–Trinajstić information content (AvgIpc) is 2.53. The first-order valence-corrected chi connectivity index (χ1v) is 9.42. The summed E-state index contributed by atoms with van der Waals surface area (Å²) in [5.41, 5.74) is 1.84. The maximum Gasteiger partial charge on any atom is 0.265 e. The maximum atomic E-state index is 11.8. The summed E-state index contributed by atoms with van der Waals surface area (Å²) in [4.78, 5) is 8.82. The molecule has 0 N–H and O–H groups in total. The van der Waals surface area contributed by atoms with Gasteiger partial charge in [-0.1, -0.05) is 26.0 Å². The van der Waals surface area contributed by atoms with Crippen LogP contribution in [0.1, 0.15) is 43.3 Å². The number of nitrogens with zero attached hydrogens (tertiary/aromatic N) is 2. The molecule has 0 fully saturated rings. The Labute approximate surface area is 137 Å². The molecule has 0 aliphatic heterocycles. The lowest BCUT2D eigenvalue weighted by atomic mass is 9.92. The fraction of sp³-hybridized carbons (Fsp3) is 0.412. The van der Waals surface area contributed by atoms with Gasteiger partial charge in [-0.2, -0.15) is 8.42 Å². The van der Waals surface area contributed by atoms with Crippen molar-refractivity contribution in [1.82, 2.24) is 9.97 Å². The van der Waals surface area contributed by atoms with Gasteiger partial charge in [-0.25, -0.2) is 0 Å². The molecule has 0 bridgehead atoms. The number of hydrogen-bond acceptors (Lipinski definition) is 5. The fourth-order valence-corrected chi connectivity index (χ4v) is 3.35. The molecule has 0 saturated carbocycles. The maximum absolute atomic E-state index is 11.8. The minimum atomic E-state index is -3.70. The molecule has 1 atom stereocenters. The lowest BCUT2D eigenvalue weighted by Gasteiger charge is -2.29. The lowest BCUT2D eigenvalue weighted by Crippen LogP contribution is -2.33. The summed E-state index contributed by atoms with van der Waals surface area (Å²) in [6.45, 7) is 5.73. The molecule has 2 aromatic heterocycles. The van der Waals surface area contributed by atoms with Gasteiger partial charge in [-0.3, -0.25) is 14.2 Å². The molecular weight excluding hydrogens is 312 g/mol. The smallest absolute Gasteiger partial charge is 0.257 e. The van der Waals surface area contributed by atoms with Crippen molar-refractivity contribution in [2.45, 2.75) is 39.2 Å². The minimum absolute atomic E-state index is 0.522. The summed E-state index contributed by atoms with van der Waals surface area (Å²) >= 11 is 0. The molecule has 124 valence electrons. The molecule has 0 aliphatic carbocycles. The highest BCUT2D eigenvalue weighted by Crippen LogP contribution is 2.34. The Morgan fingerprint density at radius 3 is 2.39 bits per heavy atom. The molecule has 0 amide bonds. The third kappa shape index (κ3) is 3.95. The fourth-order valence-electron chi connectivity index (χ4n) is 2.58. The van der Waals surface area contributed by atoms with Crippen molar-refractivity contribution in [1.29, 1.82) is 0 Å². The molecule has 6 heteroatoms. The normalized spacial score (nSPS) is 14.4. The predicted octanol–water partition coefficient (Wildman–Crippen LogP) is 2.84. The van der Waals surface area contributed by atoms with Crippen LogP contribution in [0.5, 0.6) is 0 Å². The Balaban J connectivity index is 2.64. The Bertz CT molecular complexity index is 773. The molecule has 2 rings (SSSR count). The van der Waals surface area contributed by atoms with Gasteiger partial charge in [0.05, 0.1) is 17.6 Å². The first-order valence-electron chi connectivity index (χ1n) is 7.60. The highest BCUT2D eigenvalue weighted by molar-refractivity contribution is 7.86. The molecule has 0 radical (unpaired) electrons. The highest BCUT2D eigenvalue weighted by atomic mass is 32.2. The Morgan fingerprint density at radius 2 is 1.87 bits per heavy atom. The van der Waals surface area contributed by atoms with Crippen LogP contribution in [0, 0.1) is 0 Å². The van der Waals surface area contributed by atoms with Gasteiger partial charge in [0, 0.05) is 12.4 Å². The number of hydrogen-bond donors (Lipinski definition) is 0. The Kier molecular flexibility index (Phi) is 5.16. The van der Waals surface area contributed by atoms with Gasteiger partial charge in [0.15, 0.2) is 5.60 Å². The third-order valence-corrected chi connectivity index (χ3v) is 4.40. The van der Waals surface area contributed by atoms with E-state index in [4.69, 9.17) is 4.18 Å². The molecule has 23 heavy (non-hydrogen) atoms. The van der Waals surface area contributed by atoms with Crippen molar-refractivity contribution in [3.8, 4) is 0 Å². The second kappa shape index (κ2) is 6.76. The van der Waals surface area contributed by atoms with Crippen LogP contribution >= 0.6 is 0 Å². The van der Waals surface area contributed by atoms with Gasteiger partial charge >= 0.3 is 0 Å². The Morgan fingerprint density at radius 1 is 1.13 bits per heavy atom. The summed E-state index contributed by atoms with van der Waals surface area (Å²) in [7, 11) is -3.70. The van der Waals surface area contributed by atoms with Crippen LogP contribution in [0.2, 0.25) is 0 Å². The minimum Gasteiger partial charge on any atom is -0.257 e. The number of aryl methyl sites for hydroxylation is 2. The Hall–Kier alpha value is -1.79. The standard InChI is InChI=1S/C17H22N2O3S/c1-5-13-9-10-15(19-12-13)17(3,22-23(4,20)21)16-14(6-2)8-7-11-18-16/h7-12H,5-6H2,1-4H3. The number of pyridine rings is 2. The molecule has 0 spiro atoms. The van der Waals surface area contributed by atoms with E-state index in [9.17, 15) is 8.42 Å². The van der Waals surface area contributed by atoms with Gasteiger partial charge in [-0.05, 0) is 43.0 Å². The zero-order chi connectivity index (χ0) is 17.1. The van der Waals surface area contributed by atoms with Crippen LogP contribution in [0.25, 0.3) is 0 Å². The molecule has 1 unspecified atom stereocenters. The second-order valence-corrected chi connectivity index (χ2v) is 7.17. The van der Waals surface area contributed by atoms with Crippen LogP contribution in [0.3, 0.4) is 0 Å². The van der Waals surface area contributed by atoms with Crippen LogP contribution in [0.15, 0.2) is 36.7 Å². The van der Waals surface area contributed by atoms with Gasteiger partial charge in [0.1, 0.15) is 0 Å². The molecule has 2 heterocycles. The highest BCUT2D eigenvalue weighted by Gasteiger charge is 2.38. The van der Waals surface area contributed by atoms with Crippen LogP contribution < -0.4 is 0 Å². The molecule has 0 saturated heterocycles. The zero-order valence-corrected chi connectivity index (χ0v) is 14.7. The molecular formula is C17H22N2O3S. The van der Waals surface area contributed by atoms with Crippen LogP contribution in [-0.2, 0) is 32.7 Å². The molecule has 0 aliphatic rings. The summed E-state index contributed by atoms with van der Waals surface area (Å²) in [5, 5.41) is 0. The van der Waals surface area contributed by atoms with Crippen molar-refractivity contribution in [3.63, 3.8) is 0 Å². The first kappa shape index (κ1) is 17.6. The predicted molar refractivity (Wildman–Crippen MR) is 89.6 cm³/mol. The number of aromatic nitrogens is 2. The van der Waals surface area contributed by atoms with E-state index in [1.807, 2.05) is 32.0 Å². The second-order valence-electron chi connectivity index (χ2n) is 5.59. The quantitative estimate of drug-likeness (QED) is 0.760. The molecule has 5 nitrogen and oxygen atoms in total. The average molecular weight is 334 g/mol. The van der Waals surface area contributed by atoms with Crippen molar-refractivity contribution in [2.75, 3.05) is 6.26 Å². The largest absolute Gasteiger partial charge is 0.265 e. The van der Waals surface area contributed by atoms with Gasteiger partial charge < -0.3 is 0 Å². The van der Waals surface area contributed by atoms with Gasteiger partial charge in [0.25, 0.3) is 10.1 Å². The van der Waals surface area contributed by atoms with E-state index in [-0.39, 0.29) is 0 Å². The van der Waals surface area contributed by atoms with Crippen molar-refractivity contribution in [3.05, 3.63) is 59.2 Å². The van der Waals surface area contributed by atoms with Crippen molar-refractivity contribution in [2.24, 2.45) is 0 Å². The van der Waals surface area contributed by atoms with E-state index < -0.39 is 15.7 Å². The summed E-state index contributed by atoms with van der Waals surface area (Å²) in [6, 6.07) is 7.49. The van der Waals surface area contributed by atoms with E-state index in [0.717, 1.165) is 30.2 Å². The topological polar surface area (TPSA) is 69.2 Å². The van der Waals surface area contributed by atoms with E-state index in [1.54, 1.807) is 25.4 Å². The first-order chi connectivity index (χ1) is 10.8. The van der Waals surface area contributed by atoms with E-state index in [0.29, 0.717) is 11.4 Å². The van der Waals surface area contributed by atoms with Gasteiger partial charge in [-0.15, -0.1) is 0 Å². The van der Waals surface area contributed by atoms with Gasteiger partial charge in [0.2, 0.25) is 0 Å². The van der Waals surface area contributed by atoms with E-state index in [1.165, 1.54) is 0 Å². The van der Waals surface area contributed by atoms with Crippen molar-refractivity contribution >= 4 is 10.1 Å². The third-order valence-electron chi connectivity index (χ3n) is 3.76. The summed E-state index contributed by atoms with van der Waals surface area (Å²) in [6.07, 6.45) is 6.01. The van der Waals surface area contributed by atoms with Crippen molar-refractivity contribution < 1.29 is 12.6 Å². The molecule has 0 aromatic carbocycles. The lowest BCUT2D eigenvalue weighted by molar-refractivity contribution is 0.131. The van der Waals surface area contributed by atoms with E-state index >= 15 is 0 Å². The summed E-state index contributed by atoms with van der Waals surface area (Å²) < 4.78 is 29.1. The monoisotopic (exact) mass is 334 g/mol. The summed E-state index contributed by atoms with van der Waals surface area (Å²) in [5.74, 6) is 0. The SMILES string of the molecule is CCc1ccc(C(C)(OS(C)(=O)=O)c2ncccc2CC)nc1. The van der Waals surface area contributed by atoms with Crippen LogP contribution in [0.4, 0.5) is 0 Å². The molecule has 2 aromatic rings. The zero-order valence-electron chi connectivity index (χ0n) is 13.9. The van der Waals surface area contributed by atoms with Crippen LogP contribution in [-0.4, -0.2) is 24.6 Å². The van der Waals surface area contributed by atoms with E-state index in [2.05, 4.69) is 9.97 Å². The number of rotatable bonds is 6.